The molecule has 6 heteroatoms. The van der Waals surface area contributed by atoms with Gasteiger partial charge >= 0.3 is 5.97 Å². The van der Waals surface area contributed by atoms with E-state index in [0.717, 1.165) is 16.1 Å². The lowest BCUT2D eigenvalue weighted by Gasteiger charge is -2.12. The summed E-state index contributed by atoms with van der Waals surface area (Å²) in [4.78, 5) is 28.9. The Kier molecular flexibility index (Phi) is 5.40. The maximum atomic E-state index is 12.3. The van der Waals surface area contributed by atoms with Crippen LogP contribution in [0.1, 0.15) is 28.5 Å². The zero-order valence-electron chi connectivity index (χ0n) is 13.9. The smallest absolute Gasteiger partial charge is 0.312 e. The summed E-state index contributed by atoms with van der Waals surface area (Å²) in [7, 11) is 0. The first-order chi connectivity index (χ1) is 12.0. The average molecular weight is 371 g/mol. The van der Waals surface area contributed by atoms with E-state index in [2.05, 4.69) is 4.98 Å². The fourth-order valence-corrected chi connectivity index (χ4v) is 3.83. The van der Waals surface area contributed by atoms with Gasteiger partial charge in [-0.1, -0.05) is 29.8 Å². The van der Waals surface area contributed by atoms with Crippen LogP contribution in [0.3, 0.4) is 0 Å². The number of Topliss-reactive ketones (excluding diaryl/α,β-unsaturated/α-hetero) is 1. The van der Waals surface area contributed by atoms with Crippen LogP contribution in [0.4, 0.5) is 0 Å². The van der Waals surface area contributed by atoms with Gasteiger partial charge in [0.1, 0.15) is 5.01 Å². The number of rotatable bonds is 6. The van der Waals surface area contributed by atoms with Crippen molar-refractivity contribution in [2.24, 2.45) is 0 Å². The van der Waals surface area contributed by atoms with Crippen LogP contribution in [-0.2, 0) is 16.0 Å². The molecule has 0 saturated heterocycles. The normalized spacial score (nSPS) is 11.9. The highest BCUT2D eigenvalue weighted by atomic mass is 32.1. The Hall–Kier alpha value is -2.31. The number of thiazole rings is 1. The summed E-state index contributed by atoms with van der Waals surface area (Å²) in [6.07, 6.45) is -0.753. The van der Waals surface area contributed by atoms with Crippen LogP contribution in [-0.4, -0.2) is 22.8 Å². The number of ether oxygens (including phenoxy) is 1. The van der Waals surface area contributed by atoms with E-state index >= 15 is 0 Å². The highest BCUT2D eigenvalue weighted by Crippen LogP contribution is 2.26. The lowest BCUT2D eigenvalue weighted by atomic mass is 10.1. The number of benzene rings is 1. The van der Waals surface area contributed by atoms with Crippen molar-refractivity contribution in [1.29, 1.82) is 0 Å². The quantitative estimate of drug-likeness (QED) is 0.472. The van der Waals surface area contributed by atoms with Gasteiger partial charge in [0, 0.05) is 21.9 Å². The first-order valence-corrected chi connectivity index (χ1v) is 9.62. The van der Waals surface area contributed by atoms with Gasteiger partial charge in [-0.3, -0.25) is 9.59 Å². The third-order valence-electron chi connectivity index (χ3n) is 3.66. The number of hydrogen-bond donors (Lipinski definition) is 0. The molecule has 0 saturated carbocycles. The Labute approximate surface area is 154 Å². The summed E-state index contributed by atoms with van der Waals surface area (Å²) < 4.78 is 5.28. The Morgan fingerprint density at radius 2 is 1.92 bits per heavy atom. The molecule has 0 amide bonds. The van der Waals surface area contributed by atoms with E-state index in [0.29, 0.717) is 11.3 Å². The molecule has 25 heavy (non-hydrogen) atoms. The molecule has 0 spiro atoms. The second-order valence-electron chi connectivity index (χ2n) is 5.70. The molecule has 3 rings (SSSR count). The average Bonchev–Trinajstić information content (AvgIpc) is 3.26. The van der Waals surface area contributed by atoms with Gasteiger partial charge < -0.3 is 4.74 Å². The van der Waals surface area contributed by atoms with Gasteiger partial charge in [0.2, 0.25) is 5.78 Å². The maximum absolute atomic E-state index is 12.3. The number of aryl methyl sites for hydroxylation is 1. The van der Waals surface area contributed by atoms with Gasteiger partial charge in [-0.05, 0) is 25.3 Å². The van der Waals surface area contributed by atoms with Crippen LogP contribution in [0, 0.1) is 6.92 Å². The van der Waals surface area contributed by atoms with Crippen molar-refractivity contribution in [2.75, 3.05) is 0 Å². The number of carbonyl (C=O) groups excluding carboxylic acids is 2. The topological polar surface area (TPSA) is 56.3 Å². The third kappa shape index (κ3) is 4.41. The van der Waals surface area contributed by atoms with Crippen molar-refractivity contribution >= 4 is 34.4 Å². The summed E-state index contributed by atoms with van der Waals surface area (Å²) in [5.74, 6) is -0.652. The fourth-order valence-electron chi connectivity index (χ4n) is 2.30. The number of thiophene rings is 1. The molecular weight excluding hydrogens is 354 g/mol. The van der Waals surface area contributed by atoms with Crippen molar-refractivity contribution in [3.05, 3.63) is 63.3 Å². The van der Waals surface area contributed by atoms with Crippen molar-refractivity contribution in [2.45, 2.75) is 26.4 Å². The molecule has 0 aliphatic heterocycles. The van der Waals surface area contributed by atoms with E-state index in [-0.39, 0.29) is 12.2 Å². The molecule has 2 heterocycles. The number of aromatic nitrogens is 1. The predicted molar refractivity (Wildman–Crippen MR) is 100 cm³/mol. The van der Waals surface area contributed by atoms with Crippen LogP contribution in [0.25, 0.3) is 10.6 Å². The fraction of sp³-hybridized carbons (Fsp3) is 0.211. The zero-order valence-corrected chi connectivity index (χ0v) is 15.5. The first kappa shape index (κ1) is 17.5. The maximum Gasteiger partial charge on any atom is 0.312 e. The van der Waals surface area contributed by atoms with E-state index < -0.39 is 12.1 Å². The molecule has 0 N–H and O–H groups in total. The molecule has 0 aliphatic rings. The number of nitrogens with zero attached hydrogens (tertiary/aromatic N) is 1. The first-order valence-electron chi connectivity index (χ1n) is 7.80. The molecule has 2 aromatic heterocycles. The van der Waals surface area contributed by atoms with Gasteiger partial charge in [-0.25, -0.2) is 4.98 Å². The van der Waals surface area contributed by atoms with Gasteiger partial charge in [0.15, 0.2) is 6.10 Å². The summed E-state index contributed by atoms with van der Waals surface area (Å²) in [5, 5.41) is 6.74. The van der Waals surface area contributed by atoms with E-state index in [1.54, 1.807) is 30.4 Å². The summed E-state index contributed by atoms with van der Waals surface area (Å²) in [6.45, 7) is 3.55. The van der Waals surface area contributed by atoms with E-state index in [1.165, 1.54) is 11.3 Å². The van der Waals surface area contributed by atoms with Crippen molar-refractivity contribution in [1.82, 2.24) is 4.98 Å². The molecule has 4 nitrogen and oxygen atoms in total. The number of ketones is 1. The highest BCUT2D eigenvalue weighted by molar-refractivity contribution is 7.14. The molecule has 0 bridgehead atoms. The molecule has 0 fully saturated rings. The number of carbonyl (C=O) groups is 2. The molecule has 0 unspecified atom stereocenters. The molecule has 1 aromatic carbocycles. The predicted octanol–water partition coefficient (Wildman–Crippen LogP) is 4.54. The van der Waals surface area contributed by atoms with Crippen LogP contribution >= 0.6 is 22.7 Å². The van der Waals surface area contributed by atoms with Crippen molar-refractivity contribution in [3.63, 3.8) is 0 Å². The van der Waals surface area contributed by atoms with Gasteiger partial charge in [0.05, 0.1) is 12.1 Å². The molecule has 1 atom stereocenters. The zero-order chi connectivity index (χ0) is 17.8. The second kappa shape index (κ2) is 7.72. The lowest BCUT2D eigenvalue weighted by molar-refractivity contribution is -0.145. The number of hydrogen-bond acceptors (Lipinski definition) is 6. The molecular formula is C19H17NO3S2. The standard InChI is InChI=1S/C19H17NO3S2/c1-12-3-5-14(6-4-12)18(22)13(2)23-17(21)9-16-11-25-19(20-16)15-7-8-24-10-15/h3-8,10-11,13H,9H2,1-2H3/t13-/m0/s1. The van der Waals surface area contributed by atoms with Gasteiger partial charge in [-0.15, -0.1) is 11.3 Å². The Balaban J connectivity index is 1.58. The monoisotopic (exact) mass is 371 g/mol. The highest BCUT2D eigenvalue weighted by Gasteiger charge is 2.20. The molecule has 128 valence electrons. The minimum absolute atomic E-state index is 0.0617. The van der Waals surface area contributed by atoms with Gasteiger partial charge in [0.25, 0.3) is 0 Å². The molecule has 3 aromatic rings. The second-order valence-corrected chi connectivity index (χ2v) is 7.33. The number of esters is 1. The molecule has 0 radical (unpaired) electrons. The largest absolute Gasteiger partial charge is 0.454 e. The van der Waals surface area contributed by atoms with E-state index in [4.69, 9.17) is 4.74 Å². The van der Waals surface area contributed by atoms with Gasteiger partial charge in [-0.2, -0.15) is 11.3 Å². The van der Waals surface area contributed by atoms with E-state index in [1.807, 2.05) is 41.3 Å². The van der Waals surface area contributed by atoms with Crippen LogP contribution < -0.4 is 0 Å². The van der Waals surface area contributed by atoms with Crippen LogP contribution in [0.2, 0.25) is 0 Å². The summed E-state index contributed by atoms with van der Waals surface area (Å²) >= 11 is 3.10. The Bertz CT molecular complexity index is 866. The van der Waals surface area contributed by atoms with Crippen molar-refractivity contribution < 1.29 is 14.3 Å². The lowest BCUT2D eigenvalue weighted by Crippen LogP contribution is -2.25. The third-order valence-corrected chi connectivity index (χ3v) is 5.28. The summed E-state index contributed by atoms with van der Waals surface area (Å²) in [5.41, 5.74) is 3.33. The minimum atomic E-state index is -0.815. The van der Waals surface area contributed by atoms with Crippen LogP contribution in [0.5, 0.6) is 0 Å². The Morgan fingerprint density at radius 3 is 2.60 bits per heavy atom. The van der Waals surface area contributed by atoms with Crippen LogP contribution in [0.15, 0.2) is 46.5 Å². The van der Waals surface area contributed by atoms with E-state index in [9.17, 15) is 9.59 Å². The minimum Gasteiger partial charge on any atom is -0.454 e. The Morgan fingerprint density at radius 1 is 1.16 bits per heavy atom. The van der Waals surface area contributed by atoms with Crippen molar-refractivity contribution in [3.8, 4) is 10.6 Å². The summed E-state index contributed by atoms with van der Waals surface area (Å²) in [6, 6.07) is 9.21. The SMILES string of the molecule is Cc1ccc(C(=O)[C@H](C)OC(=O)Cc2csc(-c3ccsc3)n2)cc1. The molecule has 0 aliphatic carbocycles.